The van der Waals surface area contributed by atoms with E-state index in [1.54, 1.807) is 6.92 Å². The van der Waals surface area contributed by atoms with Crippen molar-refractivity contribution in [3.8, 4) is 0 Å². The van der Waals surface area contributed by atoms with Gasteiger partial charge in [-0.3, -0.25) is 0 Å². The van der Waals surface area contributed by atoms with Gasteiger partial charge >= 0.3 is 0 Å². The number of aliphatic hydroxyl groups is 1. The van der Waals surface area contributed by atoms with Crippen molar-refractivity contribution in [3.63, 3.8) is 0 Å². The topological polar surface area (TPSA) is 55.5 Å². The molecule has 0 spiro atoms. The first-order valence-electron chi connectivity index (χ1n) is 4.20. The Morgan fingerprint density at radius 1 is 1.62 bits per heavy atom. The summed E-state index contributed by atoms with van der Waals surface area (Å²) in [5, 5.41) is 9.72. The summed E-state index contributed by atoms with van der Waals surface area (Å²) < 4.78 is 10.2. The summed E-state index contributed by atoms with van der Waals surface area (Å²) in [7, 11) is 0. The van der Waals surface area contributed by atoms with E-state index in [4.69, 9.17) is 9.15 Å². The molecule has 2 heterocycles. The van der Waals surface area contributed by atoms with Gasteiger partial charge in [0.25, 0.3) is 0 Å². The predicted molar refractivity (Wildman–Crippen MR) is 44.9 cm³/mol. The molecular formula is C9H11NO3. The molecule has 0 amide bonds. The van der Waals surface area contributed by atoms with Crippen molar-refractivity contribution >= 4 is 0 Å². The van der Waals surface area contributed by atoms with Crippen molar-refractivity contribution in [3.05, 3.63) is 29.7 Å². The largest absolute Gasteiger partial charge is 0.495 e. The summed E-state index contributed by atoms with van der Waals surface area (Å²) in [6, 6.07) is 0. The Morgan fingerprint density at radius 2 is 2.46 bits per heavy atom. The molecule has 0 saturated carbocycles. The number of aryl methyl sites for hydroxylation is 1. The molecule has 1 atom stereocenters. The van der Waals surface area contributed by atoms with E-state index < -0.39 is 6.10 Å². The van der Waals surface area contributed by atoms with E-state index in [2.05, 4.69) is 4.98 Å². The van der Waals surface area contributed by atoms with Crippen LogP contribution in [0.2, 0.25) is 0 Å². The van der Waals surface area contributed by atoms with Crippen LogP contribution in [-0.4, -0.2) is 16.7 Å². The van der Waals surface area contributed by atoms with Gasteiger partial charge in [0.2, 0.25) is 0 Å². The third kappa shape index (κ3) is 1.58. The number of ether oxygens (including phenoxy) is 1. The van der Waals surface area contributed by atoms with E-state index in [9.17, 15) is 5.11 Å². The van der Waals surface area contributed by atoms with Gasteiger partial charge in [0.05, 0.1) is 6.61 Å². The SMILES string of the molecule is Cc1nc(C(O)C2=CCCO2)co1. The quantitative estimate of drug-likeness (QED) is 0.747. The third-order valence-corrected chi connectivity index (χ3v) is 1.92. The van der Waals surface area contributed by atoms with E-state index in [1.807, 2.05) is 6.08 Å². The zero-order chi connectivity index (χ0) is 9.26. The number of aromatic nitrogens is 1. The van der Waals surface area contributed by atoms with E-state index in [0.717, 1.165) is 6.42 Å². The monoisotopic (exact) mass is 181 g/mol. The van der Waals surface area contributed by atoms with E-state index in [1.165, 1.54) is 6.26 Å². The highest BCUT2D eigenvalue weighted by molar-refractivity contribution is 5.14. The lowest BCUT2D eigenvalue weighted by molar-refractivity contribution is 0.116. The molecular weight excluding hydrogens is 170 g/mol. The lowest BCUT2D eigenvalue weighted by atomic mass is 10.2. The Bertz CT molecular complexity index is 329. The van der Waals surface area contributed by atoms with Gasteiger partial charge in [0.1, 0.15) is 17.7 Å². The molecule has 0 bridgehead atoms. The third-order valence-electron chi connectivity index (χ3n) is 1.92. The van der Waals surface area contributed by atoms with Crippen molar-refractivity contribution in [2.45, 2.75) is 19.4 Å². The second-order valence-electron chi connectivity index (χ2n) is 2.94. The second kappa shape index (κ2) is 3.22. The van der Waals surface area contributed by atoms with Gasteiger partial charge in [0, 0.05) is 13.3 Å². The zero-order valence-electron chi connectivity index (χ0n) is 7.36. The van der Waals surface area contributed by atoms with Crippen LogP contribution in [0.1, 0.15) is 24.1 Å². The van der Waals surface area contributed by atoms with Crippen LogP contribution in [-0.2, 0) is 4.74 Å². The molecule has 1 aliphatic rings. The van der Waals surface area contributed by atoms with Gasteiger partial charge in [-0.15, -0.1) is 0 Å². The Morgan fingerprint density at radius 3 is 3.00 bits per heavy atom. The second-order valence-corrected chi connectivity index (χ2v) is 2.94. The number of hydrogen-bond acceptors (Lipinski definition) is 4. The van der Waals surface area contributed by atoms with E-state index in [-0.39, 0.29) is 0 Å². The Labute approximate surface area is 75.8 Å². The van der Waals surface area contributed by atoms with Gasteiger partial charge < -0.3 is 14.3 Å². The molecule has 0 saturated heterocycles. The van der Waals surface area contributed by atoms with Gasteiger partial charge in [-0.05, 0) is 6.08 Å². The molecule has 4 heteroatoms. The highest BCUT2D eigenvalue weighted by Gasteiger charge is 2.20. The molecule has 1 N–H and O–H groups in total. The highest BCUT2D eigenvalue weighted by atomic mass is 16.5. The highest BCUT2D eigenvalue weighted by Crippen LogP contribution is 2.25. The molecule has 2 rings (SSSR count). The van der Waals surface area contributed by atoms with Crippen LogP contribution in [0, 0.1) is 6.92 Å². The Hall–Kier alpha value is -1.29. The molecule has 0 fully saturated rings. The van der Waals surface area contributed by atoms with Crippen molar-refractivity contribution in [1.82, 2.24) is 4.98 Å². The molecule has 0 radical (unpaired) electrons. The van der Waals surface area contributed by atoms with Crippen molar-refractivity contribution < 1.29 is 14.3 Å². The number of aliphatic hydroxyl groups excluding tert-OH is 1. The molecule has 1 aromatic heterocycles. The summed E-state index contributed by atoms with van der Waals surface area (Å²) in [6.45, 7) is 2.38. The molecule has 13 heavy (non-hydrogen) atoms. The summed E-state index contributed by atoms with van der Waals surface area (Å²) in [4.78, 5) is 4.02. The maximum absolute atomic E-state index is 9.72. The minimum atomic E-state index is -0.778. The first-order valence-corrected chi connectivity index (χ1v) is 4.20. The minimum Gasteiger partial charge on any atom is -0.495 e. The van der Waals surface area contributed by atoms with Crippen molar-refractivity contribution in [2.75, 3.05) is 6.61 Å². The fourth-order valence-electron chi connectivity index (χ4n) is 1.28. The van der Waals surface area contributed by atoms with Crippen molar-refractivity contribution in [1.29, 1.82) is 0 Å². The summed E-state index contributed by atoms with van der Waals surface area (Å²) in [5.41, 5.74) is 0.505. The van der Waals surface area contributed by atoms with Crippen molar-refractivity contribution in [2.24, 2.45) is 0 Å². The minimum absolute atomic E-state index is 0.505. The van der Waals surface area contributed by atoms with Crippen LogP contribution >= 0.6 is 0 Å². The van der Waals surface area contributed by atoms with Crippen LogP contribution in [0.15, 0.2) is 22.5 Å². The fraction of sp³-hybridized carbons (Fsp3) is 0.444. The maximum atomic E-state index is 9.72. The lowest BCUT2D eigenvalue weighted by Crippen LogP contribution is -2.02. The number of rotatable bonds is 2. The van der Waals surface area contributed by atoms with Gasteiger partial charge in [-0.1, -0.05) is 0 Å². The lowest BCUT2D eigenvalue weighted by Gasteiger charge is -2.08. The van der Waals surface area contributed by atoms with E-state index >= 15 is 0 Å². The van der Waals surface area contributed by atoms with Crippen LogP contribution in [0.5, 0.6) is 0 Å². The fourth-order valence-corrected chi connectivity index (χ4v) is 1.28. The molecule has 1 aromatic rings. The van der Waals surface area contributed by atoms with Crippen LogP contribution in [0.25, 0.3) is 0 Å². The summed E-state index contributed by atoms with van der Waals surface area (Å²) in [5.74, 6) is 1.13. The summed E-state index contributed by atoms with van der Waals surface area (Å²) >= 11 is 0. The van der Waals surface area contributed by atoms with Gasteiger partial charge in [0.15, 0.2) is 12.0 Å². The van der Waals surface area contributed by atoms with E-state index in [0.29, 0.717) is 24.0 Å². The standard InChI is InChI=1S/C9H11NO3/c1-6-10-7(5-13-6)9(11)8-3-2-4-12-8/h3,5,9,11H,2,4H2,1H3. The average molecular weight is 181 g/mol. The molecule has 70 valence electrons. The van der Waals surface area contributed by atoms with Crippen LogP contribution in [0.4, 0.5) is 0 Å². The molecule has 1 unspecified atom stereocenters. The Balaban J connectivity index is 2.16. The smallest absolute Gasteiger partial charge is 0.191 e. The molecule has 0 aliphatic carbocycles. The summed E-state index contributed by atoms with van der Waals surface area (Å²) in [6.07, 6.45) is 3.39. The molecule has 0 aromatic carbocycles. The normalized spacial score (nSPS) is 18.2. The van der Waals surface area contributed by atoms with Crippen LogP contribution < -0.4 is 0 Å². The predicted octanol–water partition coefficient (Wildman–Crippen LogP) is 1.32. The Kier molecular flexibility index (Phi) is 2.06. The first-order chi connectivity index (χ1) is 6.27. The average Bonchev–Trinajstić information content (AvgIpc) is 2.72. The molecule has 4 nitrogen and oxygen atoms in total. The number of oxazole rings is 1. The van der Waals surface area contributed by atoms with Gasteiger partial charge in [-0.25, -0.2) is 4.98 Å². The molecule has 1 aliphatic heterocycles. The zero-order valence-corrected chi connectivity index (χ0v) is 7.36. The van der Waals surface area contributed by atoms with Crippen LogP contribution in [0.3, 0.4) is 0 Å². The first kappa shape index (κ1) is 8.31. The number of nitrogens with zero attached hydrogens (tertiary/aromatic N) is 1. The maximum Gasteiger partial charge on any atom is 0.191 e. The van der Waals surface area contributed by atoms with Gasteiger partial charge in [-0.2, -0.15) is 0 Å². The number of hydrogen-bond donors (Lipinski definition) is 1.